The van der Waals surface area contributed by atoms with Gasteiger partial charge in [-0.1, -0.05) is 36.8 Å². The van der Waals surface area contributed by atoms with Crippen molar-refractivity contribution in [2.45, 2.75) is 19.8 Å². The van der Waals surface area contributed by atoms with Crippen molar-refractivity contribution < 1.29 is 9.47 Å². The minimum absolute atomic E-state index is 0.310. The number of benzene rings is 2. The molecule has 0 unspecified atom stereocenters. The Kier molecular flexibility index (Phi) is 4.10. The molecule has 0 aliphatic carbocycles. The highest BCUT2D eigenvalue weighted by atomic mass is 16.5. The Bertz CT molecular complexity index is 521. The van der Waals surface area contributed by atoms with Gasteiger partial charge in [-0.25, -0.2) is 0 Å². The number of aryl methyl sites for hydroxylation is 1. The number of hydrogen-bond acceptors (Lipinski definition) is 2. The molecular weight excluding hydrogens is 236 g/mol. The Labute approximate surface area is 115 Å². The number of methoxy groups -OCH3 is 2. The second kappa shape index (κ2) is 5.79. The molecule has 0 aliphatic heterocycles. The molecule has 0 fully saturated rings. The first-order chi connectivity index (χ1) is 9.13. The van der Waals surface area contributed by atoms with E-state index in [0.29, 0.717) is 5.92 Å². The molecule has 2 aromatic carbocycles. The molecule has 100 valence electrons. The van der Waals surface area contributed by atoms with Gasteiger partial charge < -0.3 is 9.47 Å². The second-order valence-electron chi connectivity index (χ2n) is 4.78. The topological polar surface area (TPSA) is 18.5 Å². The minimum atomic E-state index is 0.310. The maximum absolute atomic E-state index is 5.32. The molecule has 0 aliphatic rings. The Morgan fingerprint density at radius 2 is 1.32 bits per heavy atom. The van der Waals surface area contributed by atoms with Crippen LogP contribution in [0.5, 0.6) is 11.5 Å². The van der Waals surface area contributed by atoms with Gasteiger partial charge in [0.05, 0.1) is 14.2 Å². The van der Waals surface area contributed by atoms with Crippen LogP contribution in [0.1, 0.15) is 29.5 Å². The van der Waals surface area contributed by atoms with Crippen molar-refractivity contribution in [3.05, 3.63) is 59.2 Å². The van der Waals surface area contributed by atoms with E-state index in [1.54, 1.807) is 14.2 Å². The van der Waals surface area contributed by atoms with E-state index in [1.165, 1.54) is 16.7 Å². The lowest BCUT2D eigenvalue weighted by atomic mass is 9.92. The average Bonchev–Trinajstić information content (AvgIpc) is 2.46. The normalized spacial score (nSPS) is 12.0. The van der Waals surface area contributed by atoms with Crippen molar-refractivity contribution in [1.29, 1.82) is 0 Å². The van der Waals surface area contributed by atoms with E-state index in [0.717, 1.165) is 11.5 Å². The molecule has 0 bridgehead atoms. The standard InChI is InChI=1S/C17H20O2/c1-12-5-7-14(8-6-12)13(2)15-9-16(18-3)11-17(10-15)19-4/h5-11,13H,1-4H3/t13-/m1/s1. The van der Waals surface area contributed by atoms with Gasteiger partial charge in [-0.15, -0.1) is 0 Å². The van der Waals surface area contributed by atoms with Gasteiger partial charge >= 0.3 is 0 Å². The quantitative estimate of drug-likeness (QED) is 0.817. The molecule has 2 nitrogen and oxygen atoms in total. The van der Waals surface area contributed by atoms with Gasteiger partial charge in [0, 0.05) is 12.0 Å². The van der Waals surface area contributed by atoms with Gasteiger partial charge in [0.2, 0.25) is 0 Å². The van der Waals surface area contributed by atoms with E-state index < -0.39 is 0 Å². The van der Waals surface area contributed by atoms with Crippen LogP contribution in [-0.4, -0.2) is 14.2 Å². The van der Waals surface area contributed by atoms with Crippen LogP contribution < -0.4 is 9.47 Å². The van der Waals surface area contributed by atoms with Crippen molar-refractivity contribution >= 4 is 0 Å². The summed E-state index contributed by atoms with van der Waals surface area (Å²) in [5.41, 5.74) is 3.76. The molecule has 19 heavy (non-hydrogen) atoms. The van der Waals surface area contributed by atoms with Gasteiger partial charge in [-0.05, 0) is 30.2 Å². The highest BCUT2D eigenvalue weighted by molar-refractivity contribution is 5.43. The maximum Gasteiger partial charge on any atom is 0.122 e. The summed E-state index contributed by atoms with van der Waals surface area (Å²) in [4.78, 5) is 0. The lowest BCUT2D eigenvalue weighted by Crippen LogP contribution is -1.98. The summed E-state index contributed by atoms with van der Waals surface area (Å²) in [6, 6.07) is 14.6. The fourth-order valence-corrected chi connectivity index (χ4v) is 2.13. The molecule has 2 rings (SSSR count). The van der Waals surface area contributed by atoms with Crippen LogP contribution in [0.4, 0.5) is 0 Å². The number of rotatable bonds is 4. The zero-order valence-electron chi connectivity index (χ0n) is 11.9. The Balaban J connectivity index is 2.37. The molecule has 0 radical (unpaired) electrons. The zero-order chi connectivity index (χ0) is 13.8. The summed E-state index contributed by atoms with van der Waals surface area (Å²) in [6.45, 7) is 4.29. The fourth-order valence-electron chi connectivity index (χ4n) is 2.13. The molecule has 0 saturated heterocycles. The summed E-state index contributed by atoms with van der Waals surface area (Å²) >= 11 is 0. The maximum atomic E-state index is 5.32. The molecule has 0 amide bonds. The van der Waals surface area contributed by atoms with E-state index in [-0.39, 0.29) is 0 Å². The van der Waals surface area contributed by atoms with Crippen LogP contribution in [0, 0.1) is 6.92 Å². The molecule has 2 heteroatoms. The summed E-state index contributed by atoms with van der Waals surface area (Å²) in [5, 5.41) is 0. The van der Waals surface area contributed by atoms with Gasteiger partial charge in [0.1, 0.15) is 11.5 Å². The first kappa shape index (κ1) is 13.5. The highest BCUT2D eigenvalue weighted by Crippen LogP contribution is 2.31. The Morgan fingerprint density at radius 1 is 0.789 bits per heavy atom. The van der Waals surface area contributed by atoms with Crippen LogP contribution in [0.3, 0.4) is 0 Å². The van der Waals surface area contributed by atoms with Crippen molar-refractivity contribution in [2.24, 2.45) is 0 Å². The van der Waals surface area contributed by atoms with Crippen LogP contribution in [0.25, 0.3) is 0 Å². The van der Waals surface area contributed by atoms with Gasteiger partial charge in [-0.2, -0.15) is 0 Å². The molecule has 1 atom stereocenters. The summed E-state index contributed by atoms with van der Waals surface area (Å²) in [5.74, 6) is 1.96. The van der Waals surface area contributed by atoms with E-state index in [1.807, 2.05) is 6.07 Å². The van der Waals surface area contributed by atoms with Gasteiger partial charge in [-0.3, -0.25) is 0 Å². The summed E-state index contributed by atoms with van der Waals surface area (Å²) in [7, 11) is 3.35. The summed E-state index contributed by atoms with van der Waals surface area (Å²) < 4.78 is 10.6. The third-order valence-electron chi connectivity index (χ3n) is 3.45. The van der Waals surface area contributed by atoms with Crippen molar-refractivity contribution in [1.82, 2.24) is 0 Å². The lowest BCUT2D eigenvalue weighted by Gasteiger charge is -2.15. The van der Waals surface area contributed by atoms with Crippen LogP contribution in [0.2, 0.25) is 0 Å². The lowest BCUT2D eigenvalue weighted by molar-refractivity contribution is 0.393. The fraction of sp³-hybridized carbons (Fsp3) is 0.294. The predicted octanol–water partition coefficient (Wildman–Crippen LogP) is 4.16. The number of ether oxygens (including phenoxy) is 2. The molecule has 0 saturated carbocycles. The minimum Gasteiger partial charge on any atom is -0.497 e. The summed E-state index contributed by atoms with van der Waals surface area (Å²) in [6.07, 6.45) is 0. The third kappa shape index (κ3) is 3.08. The molecule has 2 aromatic rings. The molecule has 0 aromatic heterocycles. The first-order valence-corrected chi connectivity index (χ1v) is 6.43. The molecule has 0 spiro atoms. The predicted molar refractivity (Wildman–Crippen MR) is 78.2 cm³/mol. The first-order valence-electron chi connectivity index (χ1n) is 6.43. The highest BCUT2D eigenvalue weighted by Gasteiger charge is 2.11. The van der Waals surface area contributed by atoms with E-state index >= 15 is 0 Å². The second-order valence-corrected chi connectivity index (χ2v) is 4.78. The van der Waals surface area contributed by atoms with E-state index in [4.69, 9.17) is 9.47 Å². The van der Waals surface area contributed by atoms with E-state index in [2.05, 4.69) is 50.2 Å². The van der Waals surface area contributed by atoms with Crippen LogP contribution >= 0.6 is 0 Å². The van der Waals surface area contributed by atoms with Crippen LogP contribution in [-0.2, 0) is 0 Å². The zero-order valence-corrected chi connectivity index (χ0v) is 11.9. The average molecular weight is 256 g/mol. The monoisotopic (exact) mass is 256 g/mol. The van der Waals surface area contributed by atoms with Crippen molar-refractivity contribution in [2.75, 3.05) is 14.2 Å². The molecule has 0 heterocycles. The van der Waals surface area contributed by atoms with Gasteiger partial charge in [0.15, 0.2) is 0 Å². The van der Waals surface area contributed by atoms with Crippen molar-refractivity contribution in [3.63, 3.8) is 0 Å². The largest absolute Gasteiger partial charge is 0.497 e. The van der Waals surface area contributed by atoms with Crippen LogP contribution in [0.15, 0.2) is 42.5 Å². The SMILES string of the molecule is COc1cc(OC)cc([C@H](C)c2ccc(C)cc2)c1. The molecular formula is C17H20O2. The Hall–Kier alpha value is -1.96. The third-order valence-corrected chi connectivity index (χ3v) is 3.45. The molecule has 0 N–H and O–H groups in total. The van der Waals surface area contributed by atoms with E-state index in [9.17, 15) is 0 Å². The van der Waals surface area contributed by atoms with Crippen molar-refractivity contribution in [3.8, 4) is 11.5 Å². The Morgan fingerprint density at radius 3 is 1.79 bits per heavy atom. The smallest absolute Gasteiger partial charge is 0.122 e. The van der Waals surface area contributed by atoms with Gasteiger partial charge in [0.25, 0.3) is 0 Å². The number of hydrogen-bond donors (Lipinski definition) is 0.